The first kappa shape index (κ1) is 10.9. The van der Waals surface area contributed by atoms with Crippen LogP contribution in [0, 0.1) is 0 Å². The second-order valence-electron chi connectivity index (χ2n) is 3.86. The molecular weight excluding hydrogens is 198 g/mol. The summed E-state index contributed by atoms with van der Waals surface area (Å²) < 4.78 is 2.22. The smallest absolute Gasteiger partial charge is 0.108 e. The predicted octanol–water partition coefficient (Wildman–Crippen LogP) is 2.47. The quantitative estimate of drug-likeness (QED) is 0.767. The number of imidazole rings is 1. The van der Waals surface area contributed by atoms with Gasteiger partial charge in [-0.1, -0.05) is 13.0 Å². The molecule has 0 atom stereocenters. The number of pyridine rings is 1. The Morgan fingerprint density at radius 3 is 2.81 bits per heavy atom. The minimum Gasteiger partial charge on any atom is -0.335 e. The number of nitrogens with zero attached hydrogens (tertiary/aromatic N) is 3. The fraction of sp³-hybridized carbons (Fsp3) is 0.385. The van der Waals surface area contributed by atoms with Crippen molar-refractivity contribution in [2.24, 2.45) is 0 Å². The van der Waals surface area contributed by atoms with Crippen molar-refractivity contribution in [1.29, 1.82) is 0 Å². The second kappa shape index (κ2) is 5.45. The molecule has 0 radical (unpaired) electrons. The topological polar surface area (TPSA) is 30.7 Å². The molecule has 84 valence electrons. The molecule has 0 aliphatic rings. The van der Waals surface area contributed by atoms with Gasteiger partial charge in [-0.05, 0) is 18.6 Å². The molecule has 0 aliphatic heterocycles. The van der Waals surface area contributed by atoms with Crippen molar-refractivity contribution < 1.29 is 0 Å². The zero-order valence-electron chi connectivity index (χ0n) is 9.63. The molecule has 0 fully saturated rings. The van der Waals surface area contributed by atoms with Gasteiger partial charge in [0.25, 0.3) is 0 Å². The third-order valence-corrected chi connectivity index (χ3v) is 2.61. The van der Waals surface area contributed by atoms with Crippen molar-refractivity contribution in [3.63, 3.8) is 0 Å². The summed E-state index contributed by atoms with van der Waals surface area (Å²) >= 11 is 0. The largest absolute Gasteiger partial charge is 0.335 e. The lowest BCUT2D eigenvalue weighted by Gasteiger charge is -2.06. The van der Waals surface area contributed by atoms with Crippen LogP contribution in [0.15, 0.2) is 36.8 Å². The van der Waals surface area contributed by atoms with Gasteiger partial charge in [0.15, 0.2) is 0 Å². The minimum absolute atomic E-state index is 0.965. The van der Waals surface area contributed by atoms with Gasteiger partial charge in [0.05, 0.1) is 0 Å². The first-order chi connectivity index (χ1) is 7.90. The lowest BCUT2D eigenvalue weighted by molar-refractivity contribution is 0.636. The summed E-state index contributed by atoms with van der Waals surface area (Å²) in [6.07, 6.45) is 8.93. The molecule has 0 saturated heterocycles. The van der Waals surface area contributed by atoms with Gasteiger partial charge in [-0.3, -0.25) is 4.98 Å². The van der Waals surface area contributed by atoms with Gasteiger partial charge < -0.3 is 4.57 Å². The molecule has 0 aromatic carbocycles. The summed E-state index contributed by atoms with van der Waals surface area (Å²) in [5, 5.41) is 0. The van der Waals surface area contributed by atoms with Crippen LogP contribution >= 0.6 is 0 Å². The molecule has 3 heteroatoms. The number of rotatable bonds is 5. The van der Waals surface area contributed by atoms with Crippen LogP contribution in [0.3, 0.4) is 0 Å². The van der Waals surface area contributed by atoms with Crippen molar-refractivity contribution in [2.45, 2.75) is 32.7 Å². The molecule has 2 aromatic heterocycles. The van der Waals surface area contributed by atoms with E-state index in [-0.39, 0.29) is 0 Å². The highest BCUT2D eigenvalue weighted by molar-refractivity contribution is 5.04. The van der Waals surface area contributed by atoms with E-state index in [1.54, 1.807) is 0 Å². The van der Waals surface area contributed by atoms with Crippen molar-refractivity contribution in [1.82, 2.24) is 14.5 Å². The molecule has 2 heterocycles. The Kier molecular flexibility index (Phi) is 3.70. The number of aryl methyl sites for hydroxylation is 3. The molecule has 2 rings (SSSR count). The van der Waals surface area contributed by atoms with E-state index < -0.39 is 0 Å². The highest BCUT2D eigenvalue weighted by Gasteiger charge is 2.01. The maximum atomic E-state index is 4.36. The molecule has 0 bridgehead atoms. The van der Waals surface area contributed by atoms with Crippen LogP contribution in [0.1, 0.15) is 24.9 Å². The number of hydrogen-bond acceptors (Lipinski definition) is 2. The van der Waals surface area contributed by atoms with Crippen LogP contribution in [0.25, 0.3) is 0 Å². The van der Waals surface area contributed by atoms with E-state index in [0.29, 0.717) is 0 Å². The highest BCUT2D eigenvalue weighted by Crippen LogP contribution is 2.04. The summed E-state index contributed by atoms with van der Waals surface area (Å²) in [5.74, 6) is 1.18. The van der Waals surface area contributed by atoms with Crippen LogP contribution in [-0.4, -0.2) is 14.5 Å². The van der Waals surface area contributed by atoms with Gasteiger partial charge in [0.1, 0.15) is 5.82 Å². The Hall–Kier alpha value is -1.64. The van der Waals surface area contributed by atoms with Crippen LogP contribution in [0.5, 0.6) is 0 Å². The fourth-order valence-electron chi connectivity index (χ4n) is 1.78. The van der Waals surface area contributed by atoms with Crippen LogP contribution in [0.2, 0.25) is 0 Å². The minimum atomic E-state index is 0.965. The van der Waals surface area contributed by atoms with E-state index >= 15 is 0 Å². The van der Waals surface area contributed by atoms with E-state index in [1.165, 1.54) is 5.82 Å². The molecule has 0 saturated carbocycles. The lowest BCUT2D eigenvalue weighted by Crippen LogP contribution is -2.06. The second-order valence-corrected chi connectivity index (χ2v) is 3.86. The van der Waals surface area contributed by atoms with E-state index in [0.717, 1.165) is 31.5 Å². The molecule has 3 nitrogen and oxygen atoms in total. The van der Waals surface area contributed by atoms with Gasteiger partial charge in [-0.15, -0.1) is 0 Å². The van der Waals surface area contributed by atoms with Crippen molar-refractivity contribution in [3.8, 4) is 0 Å². The predicted molar refractivity (Wildman–Crippen MR) is 64.2 cm³/mol. The van der Waals surface area contributed by atoms with E-state index in [4.69, 9.17) is 0 Å². The Labute approximate surface area is 96.2 Å². The van der Waals surface area contributed by atoms with E-state index in [2.05, 4.69) is 27.5 Å². The normalized spacial score (nSPS) is 10.6. The van der Waals surface area contributed by atoms with E-state index in [9.17, 15) is 0 Å². The zero-order chi connectivity index (χ0) is 11.2. The summed E-state index contributed by atoms with van der Waals surface area (Å²) in [5.41, 5.74) is 1.14. The molecule has 16 heavy (non-hydrogen) atoms. The molecule has 0 unspecified atom stereocenters. The first-order valence-electron chi connectivity index (χ1n) is 5.80. The molecular formula is C13H17N3. The molecule has 0 N–H and O–H groups in total. The Balaban J connectivity index is 1.97. The summed E-state index contributed by atoms with van der Waals surface area (Å²) in [4.78, 5) is 8.68. The van der Waals surface area contributed by atoms with Crippen molar-refractivity contribution in [2.75, 3.05) is 0 Å². The standard InChI is InChI=1S/C13H17N3/c1-2-5-13-15-9-11-16(13)10-7-12-6-3-4-8-14-12/h3-4,6,8-9,11H,2,5,7,10H2,1H3. The Morgan fingerprint density at radius 2 is 2.06 bits per heavy atom. The van der Waals surface area contributed by atoms with Crippen LogP contribution in [-0.2, 0) is 19.4 Å². The van der Waals surface area contributed by atoms with Gasteiger partial charge in [0.2, 0.25) is 0 Å². The first-order valence-corrected chi connectivity index (χ1v) is 5.80. The SMILES string of the molecule is CCCc1nccn1CCc1ccccn1. The summed E-state index contributed by atoms with van der Waals surface area (Å²) in [6, 6.07) is 6.04. The van der Waals surface area contributed by atoms with Gasteiger partial charge in [-0.2, -0.15) is 0 Å². The molecule has 2 aromatic rings. The fourth-order valence-corrected chi connectivity index (χ4v) is 1.78. The Bertz CT molecular complexity index is 420. The van der Waals surface area contributed by atoms with Gasteiger partial charge in [0, 0.05) is 43.7 Å². The van der Waals surface area contributed by atoms with Gasteiger partial charge in [-0.25, -0.2) is 4.98 Å². The van der Waals surface area contributed by atoms with Crippen molar-refractivity contribution in [3.05, 3.63) is 48.3 Å². The molecule has 0 amide bonds. The third-order valence-electron chi connectivity index (χ3n) is 2.61. The molecule has 0 aliphatic carbocycles. The van der Waals surface area contributed by atoms with Crippen LogP contribution in [0.4, 0.5) is 0 Å². The number of aromatic nitrogens is 3. The maximum Gasteiger partial charge on any atom is 0.108 e. The monoisotopic (exact) mass is 215 g/mol. The zero-order valence-corrected chi connectivity index (χ0v) is 9.63. The highest BCUT2D eigenvalue weighted by atomic mass is 15.1. The van der Waals surface area contributed by atoms with Crippen LogP contribution < -0.4 is 0 Å². The third kappa shape index (κ3) is 2.69. The number of hydrogen-bond donors (Lipinski definition) is 0. The average molecular weight is 215 g/mol. The summed E-state index contributed by atoms with van der Waals surface area (Å²) in [6.45, 7) is 3.14. The Morgan fingerprint density at radius 1 is 1.12 bits per heavy atom. The maximum absolute atomic E-state index is 4.36. The average Bonchev–Trinajstić information content (AvgIpc) is 2.76. The lowest BCUT2D eigenvalue weighted by atomic mass is 10.2. The molecule has 0 spiro atoms. The van der Waals surface area contributed by atoms with Crippen molar-refractivity contribution >= 4 is 0 Å². The summed E-state index contributed by atoms with van der Waals surface area (Å²) in [7, 11) is 0. The van der Waals surface area contributed by atoms with Gasteiger partial charge >= 0.3 is 0 Å². The van der Waals surface area contributed by atoms with E-state index in [1.807, 2.05) is 30.7 Å².